The molecule has 0 bridgehead atoms. The summed E-state index contributed by atoms with van der Waals surface area (Å²) in [7, 11) is 0. The number of H-pyrrole nitrogens is 1. The molecular formula is C16H25BrN4O3. The van der Waals surface area contributed by atoms with Crippen molar-refractivity contribution >= 4 is 27.7 Å². The summed E-state index contributed by atoms with van der Waals surface area (Å²) < 4.78 is 6.51. The molecule has 2 heterocycles. The highest BCUT2D eigenvalue weighted by Crippen LogP contribution is 2.18. The zero-order chi connectivity index (χ0) is 17.9. The van der Waals surface area contributed by atoms with Gasteiger partial charge in [-0.25, -0.2) is 0 Å². The molecule has 3 unspecified atom stereocenters. The first-order valence-electron chi connectivity index (χ1n) is 8.11. The van der Waals surface area contributed by atoms with Crippen LogP contribution in [0.4, 0.5) is 0 Å². The molecule has 24 heavy (non-hydrogen) atoms. The number of rotatable bonds is 4. The summed E-state index contributed by atoms with van der Waals surface area (Å²) in [6, 6.07) is 1.32. The minimum atomic E-state index is -0.389. The third-order valence-corrected chi connectivity index (χ3v) is 4.39. The number of amides is 2. The molecule has 134 valence electrons. The lowest BCUT2D eigenvalue weighted by Gasteiger charge is -2.40. The number of morpholine rings is 1. The molecule has 0 aromatic carbocycles. The summed E-state index contributed by atoms with van der Waals surface area (Å²) in [5.41, 5.74) is 5.37. The van der Waals surface area contributed by atoms with E-state index in [1.54, 1.807) is 12.3 Å². The smallest absolute Gasteiger partial charge is 0.286 e. The molecule has 1 saturated heterocycles. The minimum absolute atomic E-state index is 0.0775. The van der Waals surface area contributed by atoms with E-state index < -0.39 is 0 Å². The zero-order valence-corrected chi connectivity index (χ0v) is 16.0. The average molecular weight is 401 g/mol. The number of aromatic nitrogens is 1. The highest BCUT2D eigenvalue weighted by atomic mass is 79.9. The van der Waals surface area contributed by atoms with Crippen molar-refractivity contribution in [2.45, 2.75) is 45.9 Å². The summed E-state index contributed by atoms with van der Waals surface area (Å²) in [6.07, 6.45) is 1.81. The van der Waals surface area contributed by atoms with E-state index in [4.69, 9.17) is 4.74 Å². The molecule has 2 amide bonds. The van der Waals surface area contributed by atoms with Gasteiger partial charge in [0.05, 0.1) is 18.2 Å². The van der Waals surface area contributed by atoms with Gasteiger partial charge in [0.1, 0.15) is 5.69 Å². The van der Waals surface area contributed by atoms with Gasteiger partial charge in [-0.1, -0.05) is 13.8 Å². The van der Waals surface area contributed by atoms with Crippen LogP contribution in [0.3, 0.4) is 0 Å². The molecule has 0 spiro atoms. The second kappa shape index (κ2) is 8.13. The number of nitrogens with zero attached hydrogens (tertiary/aromatic N) is 1. The molecular weight excluding hydrogens is 376 g/mol. The molecule has 3 atom stereocenters. The van der Waals surface area contributed by atoms with E-state index in [2.05, 4.69) is 36.7 Å². The maximum atomic E-state index is 12.6. The van der Waals surface area contributed by atoms with E-state index in [1.165, 1.54) is 0 Å². The molecule has 0 radical (unpaired) electrons. The Bertz CT molecular complexity index is 580. The third kappa shape index (κ3) is 4.81. The Balaban J connectivity index is 1.97. The second-order valence-electron chi connectivity index (χ2n) is 6.58. The molecule has 1 aromatic heterocycles. The Labute approximate surface area is 150 Å². The van der Waals surface area contributed by atoms with Gasteiger partial charge < -0.3 is 9.72 Å². The van der Waals surface area contributed by atoms with E-state index >= 15 is 0 Å². The fourth-order valence-corrected chi connectivity index (χ4v) is 3.44. The average Bonchev–Trinajstić information content (AvgIpc) is 2.90. The Hall–Kier alpha value is -1.38. The quantitative estimate of drug-likeness (QED) is 0.670. The normalized spacial score (nSPS) is 23.1. The van der Waals surface area contributed by atoms with Crippen molar-refractivity contribution in [3.63, 3.8) is 0 Å². The van der Waals surface area contributed by atoms with Crippen LogP contribution in [0.25, 0.3) is 0 Å². The number of halogens is 1. The van der Waals surface area contributed by atoms with Crippen LogP contribution >= 0.6 is 15.9 Å². The van der Waals surface area contributed by atoms with Crippen LogP contribution in [0.5, 0.6) is 0 Å². The second-order valence-corrected chi connectivity index (χ2v) is 7.49. The first kappa shape index (κ1) is 19.0. The van der Waals surface area contributed by atoms with Gasteiger partial charge in [0.15, 0.2) is 0 Å². The third-order valence-electron chi connectivity index (χ3n) is 3.93. The van der Waals surface area contributed by atoms with Crippen molar-refractivity contribution < 1.29 is 14.3 Å². The number of carbonyl (C=O) groups is 2. The van der Waals surface area contributed by atoms with Gasteiger partial charge in [0.25, 0.3) is 11.8 Å². The van der Waals surface area contributed by atoms with Crippen molar-refractivity contribution in [2.24, 2.45) is 5.92 Å². The number of hydrogen-bond acceptors (Lipinski definition) is 4. The van der Waals surface area contributed by atoms with Crippen molar-refractivity contribution in [1.29, 1.82) is 0 Å². The SMILES string of the molecule is CC1CN(C(C(=O)NNC(=O)c2cc(Br)c[nH]2)C(C)C)CC(C)O1. The van der Waals surface area contributed by atoms with Gasteiger partial charge in [-0.15, -0.1) is 0 Å². The summed E-state index contributed by atoms with van der Waals surface area (Å²) in [5, 5.41) is 0. The van der Waals surface area contributed by atoms with Crippen molar-refractivity contribution in [1.82, 2.24) is 20.7 Å². The number of hydrazine groups is 1. The molecule has 2 rings (SSSR count). The Morgan fingerprint density at radius 1 is 1.29 bits per heavy atom. The van der Waals surface area contributed by atoms with Crippen LogP contribution in [0.1, 0.15) is 38.2 Å². The summed E-state index contributed by atoms with van der Waals surface area (Å²) in [5.74, 6) is -0.496. The molecule has 7 nitrogen and oxygen atoms in total. The van der Waals surface area contributed by atoms with Crippen LogP contribution < -0.4 is 10.9 Å². The van der Waals surface area contributed by atoms with Gasteiger partial charge in [0.2, 0.25) is 0 Å². The summed E-state index contributed by atoms with van der Waals surface area (Å²) in [6.45, 7) is 9.39. The van der Waals surface area contributed by atoms with E-state index in [0.29, 0.717) is 18.8 Å². The van der Waals surface area contributed by atoms with Crippen LogP contribution in [-0.2, 0) is 9.53 Å². The Kier molecular flexibility index (Phi) is 6.42. The van der Waals surface area contributed by atoms with Gasteiger partial charge >= 0.3 is 0 Å². The van der Waals surface area contributed by atoms with E-state index in [0.717, 1.165) is 4.47 Å². The van der Waals surface area contributed by atoms with E-state index in [-0.39, 0.29) is 36.0 Å². The van der Waals surface area contributed by atoms with Crippen molar-refractivity contribution in [2.75, 3.05) is 13.1 Å². The fraction of sp³-hybridized carbons (Fsp3) is 0.625. The number of carbonyl (C=O) groups excluding carboxylic acids is 2. The van der Waals surface area contributed by atoms with Crippen LogP contribution in [0.2, 0.25) is 0 Å². The number of nitrogens with one attached hydrogen (secondary N) is 3. The van der Waals surface area contributed by atoms with E-state index in [9.17, 15) is 9.59 Å². The Morgan fingerprint density at radius 2 is 1.92 bits per heavy atom. The number of hydrogen-bond donors (Lipinski definition) is 3. The first-order chi connectivity index (χ1) is 11.3. The topological polar surface area (TPSA) is 86.5 Å². The molecule has 1 aliphatic heterocycles. The maximum Gasteiger partial charge on any atom is 0.286 e. The molecule has 8 heteroatoms. The molecule has 3 N–H and O–H groups in total. The first-order valence-corrected chi connectivity index (χ1v) is 8.90. The maximum absolute atomic E-state index is 12.6. The highest BCUT2D eigenvalue weighted by Gasteiger charge is 2.34. The van der Waals surface area contributed by atoms with Gasteiger partial charge in [-0.2, -0.15) is 0 Å². The van der Waals surface area contributed by atoms with Gasteiger partial charge in [-0.3, -0.25) is 25.3 Å². The zero-order valence-electron chi connectivity index (χ0n) is 14.4. The van der Waals surface area contributed by atoms with Gasteiger partial charge in [-0.05, 0) is 41.8 Å². The molecule has 0 saturated carbocycles. The van der Waals surface area contributed by atoms with Crippen LogP contribution in [0.15, 0.2) is 16.7 Å². The predicted octanol–water partition coefficient (Wildman–Crippen LogP) is 1.67. The minimum Gasteiger partial charge on any atom is -0.373 e. The van der Waals surface area contributed by atoms with Crippen LogP contribution in [0, 0.1) is 5.92 Å². The highest BCUT2D eigenvalue weighted by molar-refractivity contribution is 9.10. The standard InChI is InChI=1S/C16H25BrN4O3/c1-9(2)14(21-7-10(3)24-11(4)8-21)16(23)20-19-15(22)13-5-12(17)6-18-13/h5-6,9-11,14,18H,7-8H2,1-4H3,(H,19,22)(H,20,23). The van der Waals surface area contributed by atoms with E-state index in [1.807, 2.05) is 27.7 Å². The fourth-order valence-electron chi connectivity index (χ4n) is 3.09. The number of ether oxygens (including phenoxy) is 1. The Morgan fingerprint density at radius 3 is 2.42 bits per heavy atom. The monoisotopic (exact) mass is 400 g/mol. The van der Waals surface area contributed by atoms with Gasteiger partial charge in [0, 0.05) is 23.8 Å². The molecule has 1 aromatic rings. The lowest BCUT2D eigenvalue weighted by Crippen LogP contribution is -2.59. The van der Waals surface area contributed by atoms with Crippen LogP contribution in [-0.4, -0.2) is 53.0 Å². The van der Waals surface area contributed by atoms with Crippen molar-refractivity contribution in [3.8, 4) is 0 Å². The largest absolute Gasteiger partial charge is 0.373 e. The lowest BCUT2D eigenvalue weighted by atomic mass is 10.00. The number of aromatic amines is 1. The molecule has 1 aliphatic rings. The molecule has 0 aliphatic carbocycles. The lowest BCUT2D eigenvalue weighted by molar-refractivity contribution is -0.136. The summed E-state index contributed by atoms with van der Waals surface area (Å²) in [4.78, 5) is 29.6. The predicted molar refractivity (Wildman–Crippen MR) is 94.3 cm³/mol. The molecule has 1 fully saturated rings. The van der Waals surface area contributed by atoms with Crippen molar-refractivity contribution in [3.05, 3.63) is 22.4 Å². The summed E-state index contributed by atoms with van der Waals surface area (Å²) >= 11 is 3.27.